The van der Waals surface area contributed by atoms with Crippen LogP contribution in [0.15, 0.2) is 24.3 Å². The van der Waals surface area contributed by atoms with Gasteiger partial charge in [-0.1, -0.05) is 76.5 Å². The molecule has 154 valence electrons. The van der Waals surface area contributed by atoms with Gasteiger partial charge in [0.2, 0.25) is 0 Å². The van der Waals surface area contributed by atoms with E-state index < -0.39 is 0 Å². The SMILES string of the molecule is C.CB1C2CCCC1CCC2.CB1OCCCO1.CB1Oc2ccccc2O1. The molecule has 4 nitrogen and oxygen atoms in total. The molecule has 3 saturated heterocycles. The Morgan fingerprint density at radius 3 is 1.54 bits per heavy atom. The predicted octanol–water partition coefficient (Wildman–Crippen LogP) is 5.97. The van der Waals surface area contributed by atoms with Gasteiger partial charge in [0.25, 0.3) is 0 Å². The normalized spacial score (nSPS) is 24.9. The lowest BCUT2D eigenvalue weighted by atomic mass is 9.29. The summed E-state index contributed by atoms with van der Waals surface area (Å²) in [7, 11) is -0.0915. The van der Waals surface area contributed by atoms with Gasteiger partial charge in [0.1, 0.15) is 18.2 Å². The molecule has 0 amide bonds. The summed E-state index contributed by atoms with van der Waals surface area (Å²) in [5.41, 5.74) is 0. The van der Waals surface area contributed by atoms with Crippen molar-refractivity contribution < 1.29 is 18.6 Å². The second kappa shape index (κ2) is 11.8. The Hall–Kier alpha value is -1.07. The third-order valence-corrected chi connectivity index (χ3v) is 6.22. The second-order valence-corrected chi connectivity index (χ2v) is 8.15. The highest BCUT2D eigenvalue weighted by Gasteiger charge is 2.35. The molecular formula is C21H37B3O4. The van der Waals surface area contributed by atoms with Crippen molar-refractivity contribution in [2.75, 3.05) is 13.2 Å². The number of hydrogen-bond donors (Lipinski definition) is 0. The van der Waals surface area contributed by atoms with Crippen LogP contribution in [0.5, 0.6) is 11.5 Å². The van der Waals surface area contributed by atoms with Crippen LogP contribution in [0.4, 0.5) is 0 Å². The summed E-state index contributed by atoms with van der Waals surface area (Å²) in [5, 5.41) is 0. The Bertz CT molecular complexity index is 521. The van der Waals surface area contributed by atoms with E-state index in [1.165, 1.54) is 38.5 Å². The fourth-order valence-electron chi connectivity index (χ4n) is 4.64. The van der Waals surface area contributed by atoms with Crippen molar-refractivity contribution in [3.8, 4) is 11.5 Å². The molecule has 5 rings (SSSR count). The minimum atomic E-state index is -0.127. The van der Waals surface area contributed by atoms with Crippen LogP contribution in [-0.4, -0.2) is 34.2 Å². The Kier molecular flexibility index (Phi) is 9.80. The Morgan fingerprint density at radius 2 is 1.18 bits per heavy atom. The Balaban J connectivity index is 0.000000150. The van der Waals surface area contributed by atoms with E-state index in [-0.39, 0.29) is 21.7 Å². The van der Waals surface area contributed by atoms with E-state index >= 15 is 0 Å². The molecule has 3 fully saturated rings. The predicted molar refractivity (Wildman–Crippen MR) is 121 cm³/mol. The maximum atomic E-state index is 5.28. The first-order valence-corrected chi connectivity index (χ1v) is 10.8. The first-order valence-electron chi connectivity index (χ1n) is 10.8. The van der Waals surface area contributed by atoms with Crippen LogP contribution >= 0.6 is 0 Å². The topological polar surface area (TPSA) is 36.9 Å². The monoisotopic (exact) mass is 386 g/mol. The largest absolute Gasteiger partial charge is 0.591 e. The molecule has 0 N–H and O–H groups in total. The standard InChI is InChI=1S/C9H17B.C7H7BO2.C4H9BO2.CH4/c1-10-8-4-2-5-9(10)7-3-6-8;1-8-9-6-4-2-3-5-7(6)10-8;1-5-6-3-2-4-7-5;/h8-9H,2-7H2,1H3;2-5H,1H3;2-4H2,1H3;1H4. The summed E-state index contributed by atoms with van der Waals surface area (Å²) < 4.78 is 20.7. The van der Waals surface area contributed by atoms with Crippen molar-refractivity contribution in [3.63, 3.8) is 0 Å². The molecule has 0 spiro atoms. The molecule has 4 heterocycles. The Morgan fingerprint density at radius 1 is 0.714 bits per heavy atom. The summed E-state index contributed by atoms with van der Waals surface area (Å²) in [6.45, 7) is 9.07. The molecule has 0 aromatic heterocycles. The summed E-state index contributed by atoms with van der Waals surface area (Å²) in [6.07, 6.45) is 10.3. The molecule has 0 saturated carbocycles. The average molecular weight is 386 g/mol. The zero-order chi connectivity index (χ0) is 19.1. The fraction of sp³-hybridized carbons (Fsp3) is 0.714. The number of hydrogen-bond acceptors (Lipinski definition) is 4. The smallest absolute Gasteiger partial charge is 0.523 e. The van der Waals surface area contributed by atoms with Crippen LogP contribution in [0.25, 0.3) is 0 Å². The second-order valence-electron chi connectivity index (χ2n) is 8.15. The van der Waals surface area contributed by atoms with Crippen molar-refractivity contribution in [2.45, 2.75) is 84.5 Å². The quantitative estimate of drug-likeness (QED) is 0.515. The number of para-hydroxylation sites is 2. The van der Waals surface area contributed by atoms with Crippen LogP contribution in [-0.2, 0) is 9.31 Å². The molecule has 0 unspecified atom stereocenters. The van der Waals surface area contributed by atoms with E-state index in [1.807, 2.05) is 37.9 Å². The van der Waals surface area contributed by atoms with E-state index in [4.69, 9.17) is 18.6 Å². The number of fused-ring (bicyclic) bond motifs is 3. The molecular weight excluding hydrogens is 349 g/mol. The lowest BCUT2D eigenvalue weighted by Crippen LogP contribution is -2.31. The fourth-order valence-corrected chi connectivity index (χ4v) is 4.64. The van der Waals surface area contributed by atoms with Gasteiger partial charge in [-0.05, 0) is 32.2 Å². The number of rotatable bonds is 0. The van der Waals surface area contributed by atoms with Gasteiger partial charge < -0.3 is 18.6 Å². The summed E-state index contributed by atoms with van der Waals surface area (Å²) in [4.78, 5) is 0. The van der Waals surface area contributed by atoms with Gasteiger partial charge in [0, 0.05) is 13.2 Å². The van der Waals surface area contributed by atoms with E-state index in [9.17, 15) is 0 Å². The average Bonchev–Trinajstić information content (AvgIpc) is 3.03. The minimum Gasteiger partial charge on any atom is -0.523 e. The van der Waals surface area contributed by atoms with E-state index in [0.717, 1.165) is 49.5 Å². The third kappa shape index (κ3) is 6.77. The molecule has 1 aromatic rings. The maximum Gasteiger partial charge on any atom is 0.591 e. The molecule has 4 aliphatic heterocycles. The summed E-state index contributed by atoms with van der Waals surface area (Å²) in [5.74, 6) is 3.92. The van der Waals surface area contributed by atoms with Gasteiger partial charge in [-0.15, -0.1) is 0 Å². The maximum absolute atomic E-state index is 5.28. The summed E-state index contributed by atoms with van der Waals surface area (Å²) >= 11 is 0. The van der Waals surface area contributed by atoms with Gasteiger partial charge >= 0.3 is 14.2 Å². The van der Waals surface area contributed by atoms with Crippen molar-refractivity contribution >= 4 is 20.9 Å². The lowest BCUT2D eigenvalue weighted by Gasteiger charge is -2.38. The molecule has 1 aromatic carbocycles. The molecule has 0 atom stereocenters. The van der Waals surface area contributed by atoms with Crippen LogP contribution < -0.4 is 9.31 Å². The van der Waals surface area contributed by atoms with Crippen LogP contribution in [0.1, 0.15) is 52.4 Å². The Labute approximate surface area is 173 Å². The number of benzene rings is 1. The molecule has 28 heavy (non-hydrogen) atoms. The van der Waals surface area contributed by atoms with E-state index in [2.05, 4.69) is 6.82 Å². The van der Waals surface area contributed by atoms with Crippen molar-refractivity contribution in [1.82, 2.24) is 0 Å². The first kappa shape index (κ1) is 23.2. The zero-order valence-electron chi connectivity index (χ0n) is 17.2. The van der Waals surface area contributed by atoms with E-state index in [1.54, 1.807) is 0 Å². The van der Waals surface area contributed by atoms with Gasteiger partial charge in [-0.3, -0.25) is 0 Å². The van der Waals surface area contributed by atoms with Gasteiger partial charge in [0.05, 0.1) is 0 Å². The molecule has 0 radical (unpaired) electrons. The first-order chi connectivity index (χ1) is 13.1. The van der Waals surface area contributed by atoms with Gasteiger partial charge in [-0.2, -0.15) is 0 Å². The van der Waals surface area contributed by atoms with E-state index in [0.29, 0.717) is 0 Å². The van der Waals surface area contributed by atoms with Crippen molar-refractivity contribution in [2.24, 2.45) is 0 Å². The lowest BCUT2D eigenvalue weighted by molar-refractivity contribution is 0.138. The third-order valence-electron chi connectivity index (χ3n) is 6.22. The highest BCUT2D eigenvalue weighted by atomic mass is 16.6. The van der Waals surface area contributed by atoms with Crippen LogP contribution in [0.2, 0.25) is 32.1 Å². The highest BCUT2D eigenvalue weighted by molar-refractivity contribution is 6.61. The van der Waals surface area contributed by atoms with Gasteiger partial charge in [-0.25, -0.2) is 0 Å². The molecule has 4 aliphatic rings. The molecule has 2 bridgehead atoms. The van der Waals surface area contributed by atoms with Crippen molar-refractivity contribution in [1.29, 1.82) is 0 Å². The highest BCUT2D eigenvalue weighted by Crippen LogP contribution is 2.45. The van der Waals surface area contributed by atoms with Gasteiger partial charge in [0.15, 0.2) is 0 Å². The molecule has 7 heteroatoms. The minimum absolute atomic E-state index is 0. The molecule has 0 aliphatic carbocycles. The zero-order valence-corrected chi connectivity index (χ0v) is 17.2. The summed E-state index contributed by atoms with van der Waals surface area (Å²) in [6, 6.07) is 7.66. The van der Waals surface area contributed by atoms with Crippen LogP contribution in [0.3, 0.4) is 0 Å². The van der Waals surface area contributed by atoms with Crippen molar-refractivity contribution in [3.05, 3.63) is 24.3 Å². The van der Waals surface area contributed by atoms with Crippen LogP contribution in [0, 0.1) is 0 Å².